The fraction of sp³-hybridized carbons (Fsp3) is 0.438. The number of benzene rings is 1. The summed E-state index contributed by atoms with van der Waals surface area (Å²) >= 11 is 0. The molecule has 1 N–H and O–H groups in total. The predicted octanol–water partition coefficient (Wildman–Crippen LogP) is 2.47. The molecule has 21 heavy (non-hydrogen) atoms. The number of rotatable bonds is 9. The molecule has 2 aromatic rings. The maximum atomic E-state index is 5.72. The third kappa shape index (κ3) is 4.79. The van der Waals surface area contributed by atoms with Crippen LogP contribution in [0.15, 0.2) is 36.5 Å². The van der Waals surface area contributed by atoms with Crippen LogP contribution in [0.4, 0.5) is 0 Å². The lowest BCUT2D eigenvalue weighted by atomic mass is 10.3. The molecule has 5 heteroatoms. The minimum atomic E-state index is 0.592. The van der Waals surface area contributed by atoms with E-state index in [0.29, 0.717) is 6.61 Å². The molecule has 0 aliphatic heterocycles. The molecule has 5 nitrogen and oxygen atoms in total. The SMILES string of the molecule is CCCNCc1ccnn1CCOc1ccc(OC)cc1. The first-order chi connectivity index (χ1) is 10.3. The van der Waals surface area contributed by atoms with Gasteiger partial charge < -0.3 is 14.8 Å². The van der Waals surface area contributed by atoms with Crippen LogP contribution in [0.3, 0.4) is 0 Å². The van der Waals surface area contributed by atoms with Gasteiger partial charge in [0.15, 0.2) is 0 Å². The van der Waals surface area contributed by atoms with Crippen molar-refractivity contribution in [2.75, 3.05) is 20.3 Å². The first-order valence-electron chi connectivity index (χ1n) is 7.31. The zero-order valence-electron chi connectivity index (χ0n) is 12.7. The highest BCUT2D eigenvalue weighted by Gasteiger charge is 2.02. The van der Waals surface area contributed by atoms with Crippen LogP contribution >= 0.6 is 0 Å². The Labute approximate surface area is 125 Å². The fourth-order valence-electron chi connectivity index (χ4n) is 2.03. The Morgan fingerprint density at radius 2 is 1.90 bits per heavy atom. The highest BCUT2D eigenvalue weighted by Crippen LogP contribution is 2.16. The molecular formula is C16H23N3O2. The molecule has 0 atom stereocenters. The number of hydrogen-bond acceptors (Lipinski definition) is 4. The summed E-state index contributed by atoms with van der Waals surface area (Å²) in [6, 6.07) is 9.64. The van der Waals surface area contributed by atoms with E-state index in [9.17, 15) is 0 Å². The van der Waals surface area contributed by atoms with Gasteiger partial charge in [0.2, 0.25) is 0 Å². The third-order valence-corrected chi connectivity index (χ3v) is 3.17. The summed E-state index contributed by atoms with van der Waals surface area (Å²) in [7, 11) is 1.65. The normalized spacial score (nSPS) is 10.6. The molecule has 114 valence electrons. The molecule has 0 aliphatic rings. The second kappa shape index (κ2) is 8.32. The van der Waals surface area contributed by atoms with Crippen LogP contribution in [-0.2, 0) is 13.1 Å². The summed E-state index contributed by atoms with van der Waals surface area (Å²) in [6.07, 6.45) is 2.96. The van der Waals surface area contributed by atoms with E-state index in [0.717, 1.165) is 37.6 Å². The van der Waals surface area contributed by atoms with E-state index in [-0.39, 0.29) is 0 Å². The summed E-state index contributed by atoms with van der Waals surface area (Å²) in [5.41, 5.74) is 1.18. The zero-order chi connectivity index (χ0) is 14.9. The van der Waals surface area contributed by atoms with Crippen molar-refractivity contribution in [2.45, 2.75) is 26.4 Å². The Hall–Kier alpha value is -2.01. The maximum absolute atomic E-state index is 5.72. The second-order valence-corrected chi connectivity index (χ2v) is 4.75. The molecular weight excluding hydrogens is 266 g/mol. The molecule has 1 aromatic heterocycles. The van der Waals surface area contributed by atoms with Gasteiger partial charge in [-0.3, -0.25) is 4.68 Å². The topological polar surface area (TPSA) is 48.3 Å². The monoisotopic (exact) mass is 289 g/mol. The Morgan fingerprint density at radius 3 is 2.62 bits per heavy atom. The van der Waals surface area contributed by atoms with E-state index < -0.39 is 0 Å². The van der Waals surface area contributed by atoms with E-state index in [1.54, 1.807) is 7.11 Å². The third-order valence-electron chi connectivity index (χ3n) is 3.17. The number of methoxy groups -OCH3 is 1. The van der Waals surface area contributed by atoms with Gasteiger partial charge in [-0.15, -0.1) is 0 Å². The van der Waals surface area contributed by atoms with Crippen LogP contribution in [0, 0.1) is 0 Å². The first-order valence-corrected chi connectivity index (χ1v) is 7.31. The molecule has 0 unspecified atom stereocenters. The quantitative estimate of drug-likeness (QED) is 0.720. The molecule has 1 heterocycles. The number of ether oxygens (including phenoxy) is 2. The van der Waals surface area contributed by atoms with Gasteiger partial charge in [0.1, 0.15) is 18.1 Å². The average molecular weight is 289 g/mol. The maximum Gasteiger partial charge on any atom is 0.119 e. The van der Waals surface area contributed by atoms with E-state index in [2.05, 4.69) is 17.3 Å². The standard InChI is InChI=1S/C16H23N3O2/c1-3-9-17-13-14-8-10-18-19(14)11-12-21-16-6-4-15(20-2)5-7-16/h4-8,10,17H,3,9,11-13H2,1-2H3. The van der Waals surface area contributed by atoms with Crippen LogP contribution in [0.5, 0.6) is 11.5 Å². The van der Waals surface area contributed by atoms with Crippen molar-refractivity contribution >= 4 is 0 Å². The number of nitrogens with one attached hydrogen (secondary N) is 1. The number of aromatic nitrogens is 2. The van der Waals surface area contributed by atoms with Gasteiger partial charge in [-0.2, -0.15) is 5.10 Å². The van der Waals surface area contributed by atoms with Crippen molar-refractivity contribution in [3.8, 4) is 11.5 Å². The van der Waals surface area contributed by atoms with Crippen LogP contribution in [-0.4, -0.2) is 30.0 Å². The highest BCUT2D eigenvalue weighted by molar-refractivity contribution is 5.31. The summed E-state index contributed by atoms with van der Waals surface area (Å²) in [4.78, 5) is 0. The van der Waals surface area contributed by atoms with Gasteiger partial charge in [-0.1, -0.05) is 6.92 Å². The molecule has 0 fully saturated rings. The predicted molar refractivity (Wildman–Crippen MR) is 82.7 cm³/mol. The Balaban J connectivity index is 1.78. The van der Waals surface area contributed by atoms with Gasteiger partial charge in [0.25, 0.3) is 0 Å². The molecule has 0 saturated carbocycles. The van der Waals surface area contributed by atoms with Gasteiger partial charge in [-0.05, 0) is 43.3 Å². The largest absolute Gasteiger partial charge is 0.497 e. The summed E-state index contributed by atoms with van der Waals surface area (Å²) in [6.45, 7) is 5.36. The fourth-order valence-corrected chi connectivity index (χ4v) is 2.03. The van der Waals surface area contributed by atoms with Crippen molar-refractivity contribution in [3.63, 3.8) is 0 Å². The lowest BCUT2D eigenvalue weighted by Gasteiger charge is -2.10. The molecule has 1 aromatic carbocycles. The van der Waals surface area contributed by atoms with Gasteiger partial charge in [0.05, 0.1) is 19.3 Å². The van der Waals surface area contributed by atoms with E-state index in [1.165, 1.54) is 5.69 Å². The summed E-state index contributed by atoms with van der Waals surface area (Å²) in [5.74, 6) is 1.67. The minimum absolute atomic E-state index is 0.592. The summed E-state index contributed by atoms with van der Waals surface area (Å²) in [5, 5.41) is 7.71. The molecule has 0 amide bonds. The van der Waals surface area contributed by atoms with Crippen LogP contribution in [0.25, 0.3) is 0 Å². The minimum Gasteiger partial charge on any atom is -0.497 e. The Morgan fingerprint density at radius 1 is 1.14 bits per heavy atom. The smallest absolute Gasteiger partial charge is 0.119 e. The zero-order valence-corrected chi connectivity index (χ0v) is 12.7. The van der Waals surface area contributed by atoms with Crippen molar-refractivity contribution < 1.29 is 9.47 Å². The van der Waals surface area contributed by atoms with Crippen molar-refractivity contribution in [3.05, 3.63) is 42.2 Å². The Kier molecular flexibility index (Phi) is 6.09. The lowest BCUT2D eigenvalue weighted by molar-refractivity contribution is 0.288. The van der Waals surface area contributed by atoms with Crippen LogP contribution in [0.2, 0.25) is 0 Å². The molecule has 2 rings (SSSR count). The van der Waals surface area contributed by atoms with Gasteiger partial charge in [0, 0.05) is 12.7 Å². The first kappa shape index (κ1) is 15.4. The second-order valence-electron chi connectivity index (χ2n) is 4.75. The lowest BCUT2D eigenvalue weighted by Crippen LogP contribution is -2.19. The average Bonchev–Trinajstić information content (AvgIpc) is 2.96. The van der Waals surface area contributed by atoms with E-state index in [1.807, 2.05) is 41.2 Å². The van der Waals surface area contributed by atoms with Gasteiger partial charge >= 0.3 is 0 Å². The molecule has 0 radical (unpaired) electrons. The van der Waals surface area contributed by atoms with Crippen molar-refractivity contribution in [1.82, 2.24) is 15.1 Å². The molecule has 0 spiro atoms. The highest BCUT2D eigenvalue weighted by atomic mass is 16.5. The number of hydrogen-bond donors (Lipinski definition) is 1. The summed E-state index contributed by atoms with van der Waals surface area (Å²) < 4.78 is 12.8. The van der Waals surface area contributed by atoms with Gasteiger partial charge in [-0.25, -0.2) is 0 Å². The Bertz CT molecular complexity index is 523. The molecule has 0 saturated heterocycles. The molecule has 0 aliphatic carbocycles. The molecule has 0 bridgehead atoms. The van der Waals surface area contributed by atoms with E-state index >= 15 is 0 Å². The number of nitrogens with zero attached hydrogens (tertiary/aromatic N) is 2. The van der Waals surface area contributed by atoms with Crippen LogP contribution < -0.4 is 14.8 Å². The van der Waals surface area contributed by atoms with Crippen molar-refractivity contribution in [1.29, 1.82) is 0 Å². The van der Waals surface area contributed by atoms with Crippen molar-refractivity contribution in [2.24, 2.45) is 0 Å². The van der Waals surface area contributed by atoms with Crippen LogP contribution in [0.1, 0.15) is 19.0 Å². The van der Waals surface area contributed by atoms with E-state index in [4.69, 9.17) is 9.47 Å².